The van der Waals surface area contributed by atoms with Gasteiger partial charge in [0.1, 0.15) is 12.4 Å². The molecule has 0 aliphatic heterocycles. The van der Waals surface area contributed by atoms with E-state index < -0.39 is 0 Å². The lowest BCUT2D eigenvalue weighted by Crippen LogP contribution is -2.32. The van der Waals surface area contributed by atoms with E-state index >= 15 is 0 Å². The van der Waals surface area contributed by atoms with Gasteiger partial charge in [-0.25, -0.2) is 4.79 Å². The molecule has 122 valence electrons. The van der Waals surface area contributed by atoms with E-state index in [-0.39, 0.29) is 6.03 Å². The first kappa shape index (κ1) is 16.9. The molecule has 0 heterocycles. The van der Waals surface area contributed by atoms with Crippen LogP contribution in [0.1, 0.15) is 22.3 Å². The Kier molecular flexibility index (Phi) is 5.63. The average Bonchev–Trinajstić information content (AvgIpc) is 2.49. The van der Waals surface area contributed by atoms with Crippen LogP contribution in [0.25, 0.3) is 0 Å². The molecule has 0 saturated heterocycles. The first-order valence-electron chi connectivity index (χ1n) is 7.78. The SMILES string of the molecule is Cc1ccc(OCCNC(=O)Nc2c(C)cc(C)cc2C)cc1. The van der Waals surface area contributed by atoms with E-state index in [9.17, 15) is 4.79 Å². The number of benzene rings is 2. The normalized spacial score (nSPS) is 10.3. The Hall–Kier alpha value is -2.49. The van der Waals surface area contributed by atoms with Crippen molar-refractivity contribution in [2.24, 2.45) is 0 Å². The Morgan fingerprint density at radius 1 is 0.957 bits per heavy atom. The average molecular weight is 312 g/mol. The van der Waals surface area contributed by atoms with Crippen molar-refractivity contribution in [1.29, 1.82) is 0 Å². The highest BCUT2D eigenvalue weighted by Crippen LogP contribution is 2.21. The molecule has 2 rings (SSSR count). The number of urea groups is 1. The first-order chi connectivity index (χ1) is 11.0. The number of rotatable bonds is 5. The topological polar surface area (TPSA) is 50.4 Å². The zero-order valence-corrected chi connectivity index (χ0v) is 14.2. The van der Waals surface area contributed by atoms with Crippen LogP contribution >= 0.6 is 0 Å². The van der Waals surface area contributed by atoms with Gasteiger partial charge in [-0.15, -0.1) is 0 Å². The summed E-state index contributed by atoms with van der Waals surface area (Å²) in [5.74, 6) is 0.808. The van der Waals surface area contributed by atoms with Gasteiger partial charge in [0.25, 0.3) is 0 Å². The zero-order valence-electron chi connectivity index (χ0n) is 14.2. The summed E-state index contributed by atoms with van der Waals surface area (Å²) in [6, 6.07) is 11.7. The van der Waals surface area contributed by atoms with Gasteiger partial charge in [-0.3, -0.25) is 0 Å². The largest absolute Gasteiger partial charge is 0.492 e. The van der Waals surface area contributed by atoms with Crippen molar-refractivity contribution in [2.45, 2.75) is 27.7 Å². The van der Waals surface area contributed by atoms with Crippen molar-refractivity contribution in [1.82, 2.24) is 5.32 Å². The smallest absolute Gasteiger partial charge is 0.319 e. The van der Waals surface area contributed by atoms with E-state index in [4.69, 9.17) is 4.74 Å². The quantitative estimate of drug-likeness (QED) is 0.816. The van der Waals surface area contributed by atoms with Crippen LogP contribution in [0, 0.1) is 27.7 Å². The summed E-state index contributed by atoms with van der Waals surface area (Å²) in [5.41, 5.74) is 5.38. The molecule has 0 saturated carbocycles. The highest BCUT2D eigenvalue weighted by atomic mass is 16.5. The van der Waals surface area contributed by atoms with E-state index in [2.05, 4.69) is 22.8 Å². The number of aryl methyl sites for hydroxylation is 4. The molecule has 4 nitrogen and oxygen atoms in total. The fourth-order valence-electron chi connectivity index (χ4n) is 2.50. The van der Waals surface area contributed by atoms with E-state index in [1.807, 2.05) is 52.0 Å². The van der Waals surface area contributed by atoms with Crippen molar-refractivity contribution in [3.63, 3.8) is 0 Å². The second-order valence-electron chi connectivity index (χ2n) is 5.82. The van der Waals surface area contributed by atoms with Gasteiger partial charge in [0.2, 0.25) is 0 Å². The van der Waals surface area contributed by atoms with Crippen LogP contribution in [0.3, 0.4) is 0 Å². The van der Waals surface area contributed by atoms with Crippen LogP contribution in [0.2, 0.25) is 0 Å². The molecular formula is C19H24N2O2. The van der Waals surface area contributed by atoms with Crippen LogP contribution in [0.5, 0.6) is 5.75 Å². The van der Waals surface area contributed by atoms with Crippen LogP contribution in [-0.2, 0) is 0 Å². The molecule has 2 aromatic rings. The minimum absolute atomic E-state index is 0.215. The Bertz CT molecular complexity index is 655. The molecule has 4 heteroatoms. The molecule has 23 heavy (non-hydrogen) atoms. The monoisotopic (exact) mass is 312 g/mol. The van der Waals surface area contributed by atoms with E-state index in [1.165, 1.54) is 11.1 Å². The Morgan fingerprint density at radius 2 is 1.57 bits per heavy atom. The molecule has 0 aliphatic rings. The summed E-state index contributed by atoms with van der Waals surface area (Å²) in [5, 5.41) is 5.71. The highest BCUT2D eigenvalue weighted by Gasteiger charge is 2.07. The van der Waals surface area contributed by atoms with Crippen LogP contribution in [0.4, 0.5) is 10.5 Å². The minimum Gasteiger partial charge on any atom is -0.492 e. The van der Waals surface area contributed by atoms with Gasteiger partial charge in [-0.05, 0) is 51.0 Å². The molecule has 0 atom stereocenters. The molecule has 0 aromatic heterocycles. The van der Waals surface area contributed by atoms with Crippen LogP contribution in [-0.4, -0.2) is 19.2 Å². The minimum atomic E-state index is -0.215. The molecule has 0 bridgehead atoms. The van der Waals surface area contributed by atoms with Crippen molar-refractivity contribution >= 4 is 11.7 Å². The number of hydrogen-bond acceptors (Lipinski definition) is 2. The van der Waals surface area contributed by atoms with Crippen molar-refractivity contribution in [2.75, 3.05) is 18.5 Å². The zero-order chi connectivity index (χ0) is 16.8. The number of hydrogen-bond donors (Lipinski definition) is 2. The number of ether oxygens (including phenoxy) is 1. The highest BCUT2D eigenvalue weighted by molar-refractivity contribution is 5.91. The second kappa shape index (κ2) is 7.68. The maximum atomic E-state index is 12.0. The Morgan fingerprint density at radius 3 is 2.17 bits per heavy atom. The van der Waals surface area contributed by atoms with Gasteiger partial charge in [0.05, 0.1) is 6.54 Å². The molecule has 0 fully saturated rings. The number of carbonyl (C=O) groups excluding carboxylic acids is 1. The molecule has 0 spiro atoms. The van der Waals surface area contributed by atoms with Gasteiger partial charge in [-0.2, -0.15) is 0 Å². The summed E-state index contributed by atoms with van der Waals surface area (Å²) < 4.78 is 5.58. The number of carbonyl (C=O) groups is 1. The lowest BCUT2D eigenvalue weighted by atomic mass is 10.1. The summed E-state index contributed by atoms with van der Waals surface area (Å²) in [4.78, 5) is 12.0. The molecule has 0 aliphatic carbocycles. The van der Waals surface area contributed by atoms with Gasteiger partial charge >= 0.3 is 6.03 Å². The maximum absolute atomic E-state index is 12.0. The van der Waals surface area contributed by atoms with Crippen LogP contribution in [0.15, 0.2) is 36.4 Å². The lowest BCUT2D eigenvalue weighted by molar-refractivity contribution is 0.247. The molecular weight excluding hydrogens is 288 g/mol. The first-order valence-corrected chi connectivity index (χ1v) is 7.78. The number of amides is 2. The molecule has 0 radical (unpaired) electrons. The molecule has 2 amide bonds. The summed E-state index contributed by atoms with van der Waals surface area (Å²) in [6.45, 7) is 8.95. The van der Waals surface area contributed by atoms with Gasteiger partial charge < -0.3 is 15.4 Å². The van der Waals surface area contributed by atoms with E-state index in [0.29, 0.717) is 13.2 Å². The van der Waals surface area contributed by atoms with Crippen LogP contribution < -0.4 is 15.4 Å². The summed E-state index contributed by atoms with van der Waals surface area (Å²) >= 11 is 0. The summed E-state index contributed by atoms with van der Waals surface area (Å²) in [6.07, 6.45) is 0. The molecule has 0 unspecified atom stereocenters. The summed E-state index contributed by atoms with van der Waals surface area (Å²) in [7, 11) is 0. The van der Waals surface area contributed by atoms with Crippen molar-refractivity contribution in [3.8, 4) is 5.75 Å². The van der Waals surface area contributed by atoms with Gasteiger partial charge in [-0.1, -0.05) is 35.4 Å². The second-order valence-corrected chi connectivity index (χ2v) is 5.82. The lowest BCUT2D eigenvalue weighted by Gasteiger charge is -2.14. The Labute approximate surface area is 137 Å². The van der Waals surface area contributed by atoms with Crippen molar-refractivity contribution < 1.29 is 9.53 Å². The number of anilines is 1. The molecule has 2 N–H and O–H groups in total. The van der Waals surface area contributed by atoms with Gasteiger partial charge in [0.15, 0.2) is 0 Å². The fourth-order valence-corrected chi connectivity index (χ4v) is 2.50. The van der Waals surface area contributed by atoms with E-state index in [0.717, 1.165) is 22.6 Å². The third kappa shape index (κ3) is 5.02. The number of nitrogens with one attached hydrogen (secondary N) is 2. The standard InChI is InChI=1S/C19H24N2O2/c1-13-5-7-17(8-6-13)23-10-9-20-19(22)21-18-15(3)11-14(2)12-16(18)4/h5-8,11-12H,9-10H2,1-4H3,(H2,20,21,22). The maximum Gasteiger partial charge on any atom is 0.319 e. The van der Waals surface area contributed by atoms with E-state index in [1.54, 1.807) is 0 Å². The predicted molar refractivity (Wildman–Crippen MR) is 94.3 cm³/mol. The third-order valence-corrected chi connectivity index (χ3v) is 3.59. The molecule has 2 aromatic carbocycles. The third-order valence-electron chi connectivity index (χ3n) is 3.59. The van der Waals surface area contributed by atoms with Gasteiger partial charge in [0, 0.05) is 5.69 Å². The van der Waals surface area contributed by atoms with Crippen molar-refractivity contribution in [3.05, 3.63) is 58.7 Å². The predicted octanol–water partition coefficient (Wildman–Crippen LogP) is 4.12. The Balaban J connectivity index is 1.78. The fraction of sp³-hybridized carbons (Fsp3) is 0.316.